The second kappa shape index (κ2) is 7.37. The van der Waals surface area contributed by atoms with Gasteiger partial charge in [0.1, 0.15) is 6.54 Å². The summed E-state index contributed by atoms with van der Waals surface area (Å²) < 4.78 is 1.77. The summed E-state index contributed by atoms with van der Waals surface area (Å²) in [5.41, 5.74) is 1.94. The summed E-state index contributed by atoms with van der Waals surface area (Å²) in [5.74, 6) is -1.37. The van der Waals surface area contributed by atoms with E-state index in [4.69, 9.17) is 5.11 Å². The van der Waals surface area contributed by atoms with Crippen molar-refractivity contribution in [1.82, 2.24) is 20.0 Å². The van der Waals surface area contributed by atoms with Gasteiger partial charge in [-0.3, -0.25) is 14.5 Å². The molecular formula is C15H18N4O3. The van der Waals surface area contributed by atoms with E-state index in [0.29, 0.717) is 6.54 Å². The number of amides is 1. The SMILES string of the molecule is CN(CC(=O)NCC(=O)O)Cc1cnn(-c2ccccc2)c1. The number of hydrogen-bond donors (Lipinski definition) is 2. The van der Waals surface area contributed by atoms with Crippen LogP contribution in [0.2, 0.25) is 0 Å². The van der Waals surface area contributed by atoms with Gasteiger partial charge < -0.3 is 10.4 Å². The Bertz CT molecular complexity index is 639. The zero-order valence-corrected chi connectivity index (χ0v) is 12.3. The second-order valence-electron chi connectivity index (χ2n) is 4.97. The third-order valence-corrected chi connectivity index (χ3v) is 2.96. The fraction of sp³-hybridized carbons (Fsp3) is 0.267. The highest BCUT2D eigenvalue weighted by Crippen LogP contribution is 2.08. The molecule has 0 bridgehead atoms. The first kappa shape index (κ1) is 15.7. The Balaban J connectivity index is 1.87. The molecule has 1 amide bonds. The fourth-order valence-electron chi connectivity index (χ4n) is 2.01. The van der Waals surface area contributed by atoms with Crippen molar-refractivity contribution in [2.75, 3.05) is 20.1 Å². The number of carboxylic acids is 1. The van der Waals surface area contributed by atoms with Crippen LogP contribution in [0.5, 0.6) is 0 Å². The van der Waals surface area contributed by atoms with Crippen molar-refractivity contribution in [2.24, 2.45) is 0 Å². The normalized spacial score (nSPS) is 10.6. The van der Waals surface area contributed by atoms with Crippen LogP contribution in [0.15, 0.2) is 42.7 Å². The van der Waals surface area contributed by atoms with Gasteiger partial charge in [-0.15, -0.1) is 0 Å². The van der Waals surface area contributed by atoms with Crippen molar-refractivity contribution in [3.05, 3.63) is 48.3 Å². The van der Waals surface area contributed by atoms with Crippen LogP contribution < -0.4 is 5.32 Å². The molecule has 0 radical (unpaired) electrons. The molecule has 22 heavy (non-hydrogen) atoms. The molecule has 0 atom stereocenters. The largest absolute Gasteiger partial charge is 0.480 e. The number of para-hydroxylation sites is 1. The van der Waals surface area contributed by atoms with E-state index in [1.54, 1.807) is 22.8 Å². The highest BCUT2D eigenvalue weighted by molar-refractivity contribution is 5.82. The molecule has 7 nitrogen and oxygen atoms in total. The van der Waals surface area contributed by atoms with E-state index in [1.165, 1.54) is 0 Å². The zero-order valence-electron chi connectivity index (χ0n) is 12.3. The molecule has 0 unspecified atom stereocenters. The van der Waals surface area contributed by atoms with Gasteiger partial charge in [-0.25, -0.2) is 4.68 Å². The Kier molecular flexibility index (Phi) is 5.26. The quantitative estimate of drug-likeness (QED) is 0.778. The standard InChI is InChI=1S/C15H18N4O3/c1-18(11-14(20)16-8-15(21)22)9-12-7-17-19(10-12)13-5-3-2-4-6-13/h2-7,10H,8-9,11H2,1H3,(H,16,20)(H,21,22). The van der Waals surface area contributed by atoms with Crippen molar-refractivity contribution in [3.8, 4) is 5.69 Å². The van der Waals surface area contributed by atoms with Crippen LogP contribution in [0.1, 0.15) is 5.56 Å². The summed E-state index contributed by atoms with van der Waals surface area (Å²) in [6.45, 7) is 0.315. The number of likely N-dealkylation sites (N-methyl/N-ethyl adjacent to an activating group) is 1. The highest BCUT2D eigenvalue weighted by Gasteiger charge is 2.09. The maximum atomic E-state index is 11.5. The Morgan fingerprint density at radius 3 is 2.73 bits per heavy atom. The zero-order chi connectivity index (χ0) is 15.9. The Morgan fingerprint density at radius 1 is 1.32 bits per heavy atom. The number of aliphatic carboxylic acids is 1. The number of hydrogen-bond acceptors (Lipinski definition) is 4. The summed E-state index contributed by atoms with van der Waals surface area (Å²) in [5, 5.41) is 15.1. The fourth-order valence-corrected chi connectivity index (χ4v) is 2.01. The maximum absolute atomic E-state index is 11.5. The first-order valence-corrected chi connectivity index (χ1v) is 6.80. The van der Waals surface area contributed by atoms with Crippen molar-refractivity contribution in [1.29, 1.82) is 0 Å². The van der Waals surface area contributed by atoms with E-state index < -0.39 is 5.97 Å². The number of nitrogens with one attached hydrogen (secondary N) is 1. The van der Waals surface area contributed by atoms with Gasteiger partial charge in [0.15, 0.2) is 0 Å². The van der Waals surface area contributed by atoms with Crippen molar-refractivity contribution >= 4 is 11.9 Å². The van der Waals surface area contributed by atoms with Crippen molar-refractivity contribution < 1.29 is 14.7 Å². The lowest BCUT2D eigenvalue weighted by Crippen LogP contribution is -2.37. The lowest BCUT2D eigenvalue weighted by molar-refractivity contribution is -0.138. The van der Waals surface area contributed by atoms with Gasteiger partial charge in [-0.05, 0) is 19.2 Å². The van der Waals surface area contributed by atoms with Crippen molar-refractivity contribution in [3.63, 3.8) is 0 Å². The van der Waals surface area contributed by atoms with Crippen LogP contribution >= 0.6 is 0 Å². The molecule has 1 aromatic carbocycles. The molecule has 0 aliphatic carbocycles. The monoisotopic (exact) mass is 302 g/mol. The van der Waals surface area contributed by atoms with Crippen LogP contribution in [0.3, 0.4) is 0 Å². The Labute approximate surface area is 128 Å². The minimum Gasteiger partial charge on any atom is -0.480 e. The van der Waals surface area contributed by atoms with Crippen LogP contribution in [-0.4, -0.2) is 51.8 Å². The van der Waals surface area contributed by atoms with Crippen LogP contribution in [-0.2, 0) is 16.1 Å². The molecule has 0 aliphatic heterocycles. The number of nitrogens with zero attached hydrogens (tertiary/aromatic N) is 3. The van der Waals surface area contributed by atoms with E-state index in [-0.39, 0.29) is 19.0 Å². The van der Waals surface area contributed by atoms with Gasteiger partial charge in [-0.2, -0.15) is 5.10 Å². The van der Waals surface area contributed by atoms with E-state index in [2.05, 4.69) is 10.4 Å². The third-order valence-electron chi connectivity index (χ3n) is 2.96. The molecule has 0 saturated carbocycles. The van der Waals surface area contributed by atoms with E-state index in [0.717, 1.165) is 11.3 Å². The lowest BCUT2D eigenvalue weighted by atomic mass is 10.3. The topological polar surface area (TPSA) is 87.5 Å². The minimum atomic E-state index is -1.06. The summed E-state index contributed by atoms with van der Waals surface area (Å²) >= 11 is 0. The van der Waals surface area contributed by atoms with Crippen LogP contribution in [0.25, 0.3) is 5.69 Å². The van der Waals surface area contributed by atoms with E-state index in [1.807, 2.05) is 36.5 Å². The summed E-state index contributed by atoms with van der Waals surface area (Å²) in [6, 6.07) is 9.74. The van der Waals surface area contributed by atoms with Gasteiger partial charge in [0, 0.05) is 18.3 Å². The number of rotatable bonds is 7. The molecule has 0 fully saturated rings. The summed E-state index contributed by atoms with van der Waals surface area (Å²) in [6.07, 6.45) is 3.65. The predicted molar refractivity (Wildman–Crippen MR) is 80.5 cm³/mol. The van der Waals surface area contributed by atoms with Gasteiger partial charge in [0.05, 0.1) is 18.4 Å². The highest BCUT2D eigenvalue weighted by atomic mass is 16.4. The number of benzene rings is 1. The molecule has 7 heteroatoms. The van der Waals surface area contributed by atoms with Crippen LogP contribution in [0.4, 0.5) is 0 Å². The molecular weight excluding hydrogens is 284 g/mol. The predicted octanol–water partition coefficient (Wildman–Crippen LogP) is 0.505. The number of carbonyl (C=O) groups is 2. The maximum Gasteiger partial charge on any atom is 0.322 e. The second-order valence-corrected chi connectivity index (χ2v) is 4.97. The van der Waals surface area contributed by atoms with Crippen molar-refractivity contribution in [2.45, 2.75) is 6.54 Å². The van der Waals surface area contributed by atoms with E-state index >= 15 is 0 Å². The number of carbonyl (C=O) groups excluding carboxylic acids is 1. The molecule has 116 valence electrons. The van der Waals surface area contributed by atoms with Gasteiger partial charge >= 0.3 is 5.97 Å². The van der Waals surface area contributed by atoms with Gasteiger partial charge in [-0.1, -0.05) is 18.2 Å². The molecule has 2 aromatic rings. The molecule has 2 N–H and O–H groups in total. The van der Waals surface area contributed by atoms with E-state index in [9.17, 15) is 9.59 Å². The molecule has 1 aromatic heterocycles. The average molecular weight is 302 g/mol. The smallest absolute Gasteiger partial charge is 0.322 e. The number of carboxylic acid groups (broad SMARTS) is 1. The first-order chi connectivity index (χ1) is 10.5. The summed E-state index contributed by atoms with van der Waals surface area (Å²) in [7, 11) is 1.79. The summed E-state index contributed by atoms with van der Waals surface area (Å²) in [4.78, 5) is 23.7. The Morgan fingerprint density at radius 2 is 2.05 bits per heavy atom. The first-order valence-electron chi connectivity index (χ1n) is 6.80. The van der Waals surface area contributed by atoms with Crippen LogP contribution in [0, 0.1) is 0 Å². The van der Waals surface area contributed by atoms with Gasteiger partial charge in [0.25, 0.3) is 0 Å². The molecule has 0 aliphatic rings. The molecule has 2 rings (SSSR count). The Hall–Kier alpha value is -2.67. The lowest BCUT2D eigenvalue weighted by Gasteiger charge is -2.14. The molecule has 0 spiro atoms. The minimum absolute atomic E-state index is 0.129. The molecule has 0 saturated heterocycles. The number of aromatic nitrogens is 2. The third kappa shape index (κ3) is 4.71. The average Bonchev–Trinajstić information content (AvgIpc) is 2.94. The molecule has 1 heterocycles. The van der Waals surface area contributed by atoms with Gasteiger partial charge in [0.2, 0.25) is 5.91 Å².